The Morgan fingerprint density at radius 3 is 2.71 bits per heavy atom. The molecule has 0 unspecified atom stereocenters. The Kier molecular flexibility index (Phi) is 4.74. The second-order valence-corrected chi connectivity index (χ2v) is 9.20. The van der Waals surface area contributed by atoms with Crippen molar-refractivity contribution in [2.45, 2.75) is 25.4 Å². The van der Waals surface area contributed by atoms with Gasteiger partial charge in [-0.25, -0.2) is 4.98 Å². The molecule has 0 radical (unpaired) electrons. The molecule has 2 aromatic carbocycles. The molecule has 1 N–H and O–H groups in total. The molecule has 6 heteroatoms. The molecular weight excluding hydrogens is 404 g/mol. The van der Waals surface area contributed by atoms with Crippen LogP contribution in [0.25, 0.3) is 21.1 Å². The number of fused-ring (bicyclic) bond motifs is 2. The van der Waals surface area contributed by atoms with Gasteiger partial charge in [0.25, 0.3) is 5.19 Å². The van der Waals surface area contributed by atoms with E-state index in [1.54, 1.807) is 11.3 Å². The van der Waals surface area contributed by atoms with E-state index in [0.717, 1.165) is 41.1 Å². The van der Waals surface area contributed by atoms with Crippen LogP contribution in [-0.2, 0) is 6.54 Å². The molecule has 5 aromatic rings. The molecule has 6 rings (SSSR count). The van der Waals surface area contributed by atoms with E-state index in [1.165, 1.54) is 23.8 Å². The third-order valence-electron chi connectivity index (χ3n) is 6.22. The van der Waals surface area contributed by atoms with E-state index in [-0.39, 0.29) is 0 Å². The van der Waals surface area contributed by atoms with Crippen LogP contribution in [0.4, 0.5) is 0 Å². The van der Waals surface area contributed by atoms with Gasteiger partial charge in [0.05, 0.1) is 10.2 Å². The first-order chi connectivity index (χ1) is 15.3. The van der Waals surface area contributed by atoms with Crippen molar-refractivity contribution in [2.24, 2.45) is 0 Å². The predicted octanol–water partition coefficient (Wildman–Crippen LogP) is 6.21. The smallest absolute Gasteiger partial charge is 0.279 e. The number of H-pyrrole nitrogens is 1. The lowest BCUT2D eigenvalue weighted by Crippen LogP contribution is -2.33. The number of nitrogens with zero attached hydrogens (tertiary/aromatic N) is 3. The Labute approximate surface area is 184 Å². The second kappa shape index (κ2) is 7.87. The van der Waals surface area contributed by atoms with Crippen LogP contribution >= 0.6 is 11.3 Å². The van der Waals surface area contributed by atoms with Crippen molar-refractivity contribution >= 4 is 32.5 Å². The van der Waals surface area contributed by atoms with E-state index in [9.17, 15) is 0 Å². The first kappa shape index (κ1) is 18.7. The summed E-state index contributed by atoms with van der Waals surface area (Å²) in [5.41, 5.74) is 3.43. The van der Waals surface area contributed by atoms with Crippen LogP contribution in [0.5, 0.6) is 10.9 Å². The van der Waals surface area contributed by atoms with Crippen LogP contribution in [0.1, 0.15) is 24.4 Å². The Morgan fingerprint density at radius 1 is 1.03 bits per heavy atom. The van der Waals surface area contributed by atoms with Gasteiger partial charge in [-0.1, -0.05) is 23.5 Å². The van der Waals surface area contributed by atoms with Gasteiger partial charge >= 0.3 is 0 Å². The number of piperidine rings is 1. The molecule has 1 fully saturated rings. The monoisotopic (exact) mass is 428 g/mol. The second-order valence-electron chi connectivity index (χ2n) is 8.21. The van der Waals surface area contributed by atoms with Gasteiger partial charge in [0.15, 0.2) is 0 Å². The van der Waals surface area contributed by atoms with E-state index < -0.39 is 0 Å². The van der Waals surface area contributed by atoms with Gasteiger partial charge in [-0.15, -0.1) is 0 Å². The maximum atomic E-state index is 6.05. The fourth-order valence-corrected chi connectivity index (χ4v) is 5.40. The SMILES string of the molecule is c1ccc2sc(Oc3ccc4c(CN5CCC(n6cccc6)CC5)c[nH]c4c3)nc2c1. The molecule has 0 spiro atoms. The largest absolute Gasteiger partial charge is 0.431 e. The highest BCUT2D eigenvalue weighted by Crippen LogP contribution is 2.33. The first-order valence-corrected chi connectivity index (χ1v) is 11.6. The van der Waals surface area contributed by atoms with Crippen LogP contribution < -0.4 is 4.74 Å². The first-order valence-electron chi connectivity index (χ1n) is 10.8. The molecule has 1 aliphatic heterocycles. The number of hydrogen-bond donors (Lipinski definition) is 1. The average molecular weight is 429 g/mol. The topological polar surface area (TPSA) is 46.1 Å². The number of likely N-dealkylation sites (tertiary alicyclic amines) is 1. The fourth-order valence-electron chi connectivity index (χ4n) is 4.56. The predicted molar refractivity (Wildman–Crippen MR) is 126 cm³/mol. The zero-order chi connectivity index (χ0) is 20.6. The molecule has 4 heterocycles. The summed E-state index contributed by atoms with van der Waals surface area (Å²) >= 11 is 1.57. The van der Waals surface area contributed by atoms with Gasteiger partial charge < -0.3 is 14.3 Å². The Balaban J connectivity index is 1.14. The van der Waals surface area contributed by atoms with Crippen LogP contribution in [0.15, 0.2) is 73.2 Å². The van der Waals surface area contributed by atoms with Crippen molar-refractivity contribution in [3.05, 3.63) is 78.8 Å². The standard InChI is InChI=1S/C25H24N4OS/c1-2-6-24-22(5-1)27-25(31-24)30-20-7-8-21-18(16-26-23(21)15-20)17-28-13-9-19(10-14-28)29-11-3-4-12-29/h1-8,11-12,15-16,19,26H,9-10,13-14,17H2. The molecule has 0 bridgehead atoms. The molecule has 0 atom stereocenters. The maximum absolute atomic E-state index is 6.05. The number of ether oxygens (including phenoxy) is 1. The zero-order valence-corrected chi connectivity index (χ0v) is 18.0. The van der Waals surface area contributed by atoms with Crippen LogP contribution in [0.3, 0.4) is 0 Å². The average Bonchev–Trinajstić information content (AvgIpc) is 3.54. The van der Waals surface area contributed by atoms with Gasteiger partial charge in [0.1, 0.15) is 5.75 Å². The van der Waals surface area contributed by atoms with Crippen molar-refractivity contribution in [3.63, 3.8) is 0 Å². The number of hydrogen-bond acceptors (Lipinski definition) is 4. The summed E-state index contributed by atoms with van der Waals surface area (Å²) in [5.74, 6) is 0.812. The van der Waals surface area contributed by atoms with E-state index in [2.05, 4.69) is 68.4 Å². The fraction of sp³-hybridized carbons (Fsp3) is 0.240. The number of rotatable bonds is 5. The minimum absolute atomic E-state index is 0.636. The summed E-state index contributed by atoms with van der Waals surface area (Å²) in [6, 6.07) is 19.3. The summed E-state index contributed by atoms with van der Waals surface area (Å²) in [6.45, 7) is 3.25. The van der Waals surface area contributed by atoms with E-state index in [0.29, 0.717) is 11.2 Å². The quantitative estimate of drug-likeness (QED) is 0.362. The lowest BCUT2D eigenvalue weighted by atomic mass is 10.0. The van der Waals surface area contributed by atoms with E-state index in [1.807, 2.05) is 24.3 Å². The molecule has 31 heavy (non-hydrogen) atoms. The number of thiazole rings is 1. The molecule has 1 aliphatic rings. The van der Waals surface area contributed by atoms with E-state index in [4.69, 9.17) is 4.74 Å². The third-order valence-corrected chi connectivity index (χ3v) is 7.13. The van der Waals surface area contributed by atoms with Crippen molar-refractivity contribution in [2.75, 3.05) is 13.1 Å². The third kappa shape index (κ3) is 3.73. The molecule has 5 nitrogen and oxygen atoms in total. The van der Waals surface area contributed by atoms with Crippen LogP contribution in [0.2, 0.25) is 0 Å². The zero-order valence-electron chi connectivity index (χ0n) is 17.2. The molecular formula is C25H24N4OS. The molecule has 0 saturated carbocycles. The van der Waals surface area contributed by atoms with Gasteiger partial charge in [0, 0.05) is 61.2 Å². The van der Waals surface area contributed by atoms with Gasteiger partial charge in [0.2, 0.25) is 0 Å². The highest BCUT2D eigenvalue weighted by atomic mass is 32.1. The minimum Gasteiger partial charge on any atom is -0.431 e. The lowest BCUT2D eigenvalue weighted by molar-refractivity contribution is 0.180. The molecule has 3 aromatic heterocycles. The van der Waals surface area contributed by atoms with E-state index >= 15 is 0 Å². The van der Waals surface area contributed by atoms with Crippen LogP contribution in [0, 0.1) is 0 Å². The number of para-hydroxylation sites is 1. The number of nitrogens with one attached hydrogen (secondary N) is 1. The Hall–Kier alpha value is -3.09. The van der Waals surface area contributed by atoms with Crippen molar-refractivity contribution in [1.82, 2.24) is 19.4 Å². The Morgan fingerprint density at radius 2 is 1.87 bits per heavy atom. The highest BCUT2D eigenvalue weighted by Gasteiger charge is 2.20. The van der Waals surface area contributed by atoms with Crippen LogP contribution in [-0.4, -0.2) is 32.5 Å². The minimum atomic E-state index is 0.636. The van der Waals surface area contributed by atoms with Crippen molar-refractivity contribution < 1.29 is 4.74 Å². The maximum Gasteiger partial charge on any atom is 0.279 e. The number of benzene rings is 2. The van der Waals surface area contributed by atoms with Crippen molar-refractivity contribution in [1.29, 1.82) is 0 Å². The Bertz CT molecular complexity index is 1280. The lowest BCUT2D eigenvalue weighted by Gasteiger charge is -2.32. The van der Waals surface area contributed by atoms with Gasteiger partial charge in [-0.05, 0) is 54.8 Å². The molecule has 156 valence electrons. The molecule has 1 saturated heterocycles. The summed E-state index contributed by atoms with van der Waals surface area (Å²) < 4.78 is 9.55. The molecule has 0 aliphatic carbocycles. The molecule has 0 amide bonds. The highest BCUT2D eigenvalue weighted by molar-refractivity contribution is 7.20. The normalized spacial score (nSPS) is 15.7. The summed E-state index contributed by atoms with van der Waals surface area (Å²) in [4.78, 5) is 10.6. The van der Waals surface area contributed by atoms with Crippen molar-refractivity contribution in [3.8, 4) is 10.9 Å². The summed E-state index contributed by atoms with van der Waals surface area (Å²) in [7, 11) is 0. The summed E-state index contributed by atoms with van der Waals surface area (Å²) in [5, 5.41) is 1.95. The van der Waals surface area contributed by atoms with Gasteiger partial charge in [-0.2, -0.15) is 0 Å². The van der Waals surface area contributed by atoms with Gasteiger partial charge in [-0.3, -0.25) is 4.90 Å². The number of aromatic nitrogens is 3. The number of aromatic amines is 1. The summed E-state index contributed by atoms with van der Waals surface area (Å²) in [6.07, 6.45) is 8.93.